The van der Waals surface area contributed by atoms with Crippen molar-refractivity contribution in [3.8, 4) is 11.8 Å². The van der Waals surface area contributed by atoms with Crippen LogP contribution in [0.3, 0.4) is 0 Å². The average molecular weight is 295 g/mol. The Bertz CT molecular complexity index is 488. The highest BCUT2D eigenvalue weighted by Gasteiger charge is 2.17. The van der Waals surface area contributed by atoms with E-state index in [4.69, 9.17) is 15.7 Å². The summed E-state index contributed by atoms with van der Waals surface area (Å²) < 4.78 is 5.27. The van der Waals surface area contributed by atoms with Crippen LogP contribution in [0.5, 0.6) is 5.75 Å². The van der Waals surface area contributed by atoms with E-state index < -0.39 is 0 Å². The van der Waals surface area contributed by atoms with Crippen LogP contribution in [0.15, 0.2) is 0 Å². The van der Waals surface area contributed by atoms with Crippen LogP contribution in [-0.4, -0.2) is 63.2 Å². The van der Waals surface area contributed by atoms with Gasteiger partial charge in [0, 0.05) is 39.3 Å². The maximum Gasteiger partial charge on any atom is 0.177 e. The third kappa shape index (κ3) is 3.33. The molecule has 1 aromatic rings. The van der Waals surface area contributed by atoms with Crippen LogP contribution in [0.1, 0.15) is 4.88 Å². The Kier molecular flexibility index (Phi) is 5.06. The van der Waals surface area contributed by atoms with E-state index in [-0.39, 0.29) is 0 Å². The first kappa shape index (κ1) is 14.9. The minimum Gasteiger partial charge on any atom is -0.492 e. The van der Waals surface area contributed by atoms with Crippen molar-refractivity contribution in [2.75, 3.05) is 64.5 Å². The van der Waals surface area contributed by atoms with E-state index in [0.29, 0.717) is 16.3 Å². The third-order valence-corrected chi connectivity index (χ3v) is 4.56. The third-order valence-electron chi connectivity index (χ3n) is 3.51. The molecule has 1 aliphatic rings. The molecule has 1 fully saturated rings. The van der Waals surface area contributed by atoms with Gasteiger partial charge in [0.1, 0.15) is 21.6 Å². The summed E-state index contributed by atoms with van der Waals surface area (Å²) in [7, 11) is 3.73. The zero-order valence-corrected chi connectivity index (χ0v) is 12.8. The zero-order chi connectivity index (χ0) is 14.5. The Morgan fingerprint density at radius 1 is 1.40 bits per heavy atom. The number of ether oxygens (including phenoxy) is 1. The number of rotatable bonds is 5. The van der Waals surface area contributed by atoms with Crippen LogP contribution in [0.2, 0.25) is 0 Å². The maximum absolute atomic E-state index is 8.99. The van der Waals surface area contributed by atoms with Gasteiger partial charge in [-0.25, -0.2) is 0 Å². The summed E-state index contributed by atoms with van der Waals surface area (Å²) in [4.78, 5) is 5.28. The van der Waals surface area contributed by atoms with Crippen LogP contribution < -0.4 is 15.8 Å². The number of hydrogen-bond acceptors (Lipinski definition) is 7. The summed E-state index contributed by atoms with van der Waals surface area (Å²) in [5.41, 5.74) is 6.29. The first-order chi connectivity index (χ1) is 9.65. The number of anilines is 2. The first-order valence-corrected chi connectivity index (χ1v) is 7.48. The fourth-order valence-corrected chi connectivity index (χ4v) is 3.14. The monoisotopic (exact) mass is 295 g/mol. The lowest BCUT2D eigenvalue weighted by atomic mass is 10.3. The van der Waals surface area contributed by atoms with Gasteiger partial charge in [-0.2, -0.15) is 5.26 Å². The van der Waals surface area contributed by atoms with Gasteiger partial charge in [0.05, 0.1) is 7.11 Å². The molecule has 1 saturated heterocycles. The predicted octanol–water partition coefficient (Wildman–Crippen LogP) is 0.870. The van der Waals surface area contributed by atoms with E-state index >= 15 is 0 Å². The number of nitrogens with zero attached hydrogens (tertiary/aromatic N) is 3. The highest BCUT2D eigenvalue weighted by Crippen LogP contribution is 2.41. The minimum atomic E-state index is 0.432. The first-order valence-electron chi connectivity index (χ1n) is 6.66. The normalized spacial score (nSPS) is 16.9. The molecule has 1 aromatic heterocycles. The molecule has 0 unspecified atom stereocenters. The van der Waals surface area contributed by atoms with Crippen molar-refractivity contribution < 1.29 is 4.74 Å². The number of nitrogens with two attached hydrogens (primary N) is 1. The zero-order valence-electron chi connectivity index (χ0n) is 12.0. The molecule has 2 rings (SSSR count). The lowest BCUT2D eigenvalue weighted by Gasteiger charge is -2.32. The van der Waals surface area contributed by atoms with Crippen LogP contribution in [0, 0.1) is 11.3 Å². The van der Waals surface area contributed by atoms with E-state index in [0.717, 1.165) is 44.3 Å². The largest absolute Gasteiger partial charge is 0.492 e. The van der Waals surface area contributed by atoms with Crippen LogP contribution in [0.4, 0.5) is 10.7 Å². The van der Waals surface area contributed by atoms with Gasteiger partial charge in [-0.1, -0.05) is 0 Å². The van der Waals surface area contributed by atoms with Crippen molar-refractivity contribution in [3.63, 3.8) is 0 Å². The molecule has 7 heteroatoms. The Morgan fingerprint density at radius 2 is 2.10 bits per heavy atom. The summed E-state index contributed by atoms with van der Waals surface area (Å²) in [5, 5.41) is 13.2. The van der Waals surface area contributed by atoms with E-state index in [1.807, 2.05) is 0 Å². The number of nitriles is 1. The van der Waals surface area contributed by atoms with Gasteiger partial charge in [0.2, 0.25) is 0 Å². The Balaban J connectivity index is 1.87. The number of methoxy groups -OCH3 is 1. The predicted molar refractivity (Wildman–Crippen MR) is 82.4 cm³/mol. The minimum absolute atomic E-state index is 0.432. The highest BCUT2D eigenvalue weighted by molar-refractivity contribution is 7.17. The van der Waals surface area contributed by atoms with Gasteiger partial charge >= 0.3 is 0 Å². The van der Waals surface area contributed by atoms with Gasteiger partial charge in [0.25, 0.3) is 0 Å². The Morgan fingerprint density at radius 3 is 2.70 bits per heavy atom. The summed E-state index contributed by atoms with van der Waals surface area (Å²) in [6.07, 6.45) is 0. The van der Waals surface area contributed by atoms with Crippen LogP contribution >= 0.6 is 11.3 Å². The number of thiophene rings is 1. The van der Waals surface area contributed by atoms with Crippen molar-refractivity contribution in [1.82, 2.24) is 9.80 Å². The topological polar surface area (TPSA) is 77.5 Å². The summed E-state index contributed by atoms with van der Waals surface area (Å²) >= 11 is 1.35. The van der Waals surface area contributed by atoms with Gasteiger partial charge in [-0.15, -0.1) is 11.3 Å². The van der Waals surface area contributed by atoms with Crippen LogP contribution in [-0.2, 0) is 0 Å². The van der Waals surface area contributed by atoms with E-state index in [9.17, 15) is 0 Å². The lowest BCUT2D eigenvalue weighted by Crippen LogP contribution is -2.45. The second kappa shape index (κ2) is 6.79. The fourth-order valence-electron chi connectivity index (χ4n) is 2.23. The van der Waals surface area contributed by atoms with Gasteiger partial charge in [0.15, 0.2) is 5.75 Å². The number of piperazine rings is 1. The molecule has 0 aromatic carbocycles. The lowest BCUT2D eigenvalue weighted by molar-refractivity contribution is 0.158. The molecule has 110 valence electrons. The van der Waals surface area contributed by atoms with E-state index in [2.05, 4.69) is 28.2 Å². The number of hydrogen-bond donors (Lipinski definition) is 2. The molecule has 0 spiro atoms. The number of likely N-dealkylation sites (N-methyl/N-ethyl adjacent to an activating group) is 1. The number of nitrogens with one attached hydrogen (secondary N) is 1. The molecule has 20 heavy (non-hydrogen) atoms. The van der Waals surface area contributed by atoms with E-state index in [1.54, 1.807) is 7.11 Å². The molecule has 0 bridgehead atoms. The molecule has 2 heterocycles. The van der Waals surface area contributed by atoms with Gasteiger partial charge < -0.3 is 20.7 Å². The molecule has 0 radical (unpaired) electrons. The number of nitrogen functional groups attached to an aromatic ring is 1. The van der Waals surface area contributed by atoms with Gasteiger partial charge in [-0.3, -0.25) is 4.90 Å². The molecular weight excluding hydrogens is 274 g/mol. The molecule has 3 N–H and O–H groups in total. The second-order valence-electron chi connectivity index (χ2n) is 4.89. The van der Waals surface area contributed by atoms with Crippen molar-refractivity contribution in [3.05, 3.63) is 4.88 Å². The molecule has 0 amide bonds. The molecule has 0 aliphatic carbocycles. The van der Waals surface area contributed by atoms with Crippen molar-refractivity contribution >= 4 is 22.0 Å². The smallest absolute Gasteiger partial charge is 0.177 e. The van der Waals surface area contributed by atoms with E-state index in [1.165, 1.54) is 11.3 Å². The van der Waals surface area contributed by atoms with Gasteiger partial charge in [-0.05, 0) is 7.05 Å². The van der Waals surface area contributed by atoms with Crippen molar-refractivity contribution in [1.29, 1.82) is 5.26 Å². The highest BCUT2D eigenvalue weighted by atomic mass is 32.1. The quantitative estimate of drug-likeness (QED) is 0.839. The average Bonchev–Trinajstić information content (AvgIpc) is 2.76. The van der Waals surface area contributed by atoms with Crippen molar-refractivity contribution in [2.45, 2.75) is 0 Å². The molecule has 0 atom stereocenters. The summed E-state index contributed by atoms with van der Waals surface area (Å²) in [6, 6.07) is 2.09. The second-order valence-corrected chi connectivity index (χ2v) is 5.91. The SMILES string of the molecule is COc1c(NCCN2CCN(C)CC2)sc(C#N)c1N. The summed E-state index contributed by atoms with van der Waals surface area (Å²) in [6.45, 7) is 6.25. The Hall–Kier alpha value is -1.49. The molecule has 0 saturated carbocycles. The maximum atomic E-state index is 8.99. The summed E-state index contributed by atoms with van der Waals surface area (Å²) in [5.74, 6) is 0.588. The van der Waals surface area contributed by atoms with Crippen LogP contribution in [0.25, 0.3) is 0 Å². The fraction of sp³-hybridized carbons (Fsp3) is 0.615. The van der Waals surface area contributed by atoms with Crippen molar-refractivity contribution in [2.24, 2.45) is 0 Å². The molecular formula is C13H21N5OS. The molecule has 6 nitrogen and oxygen atoms in total. The molecule has 1 aliphatic heterocycles. The Labute approximate surface area is 123 Å². The standard InChI is InChI=1S/C13H21N5OS/c1-17-5-7-18(8-6-17)4-3-16-13-12(19-2)11(15)10(9-14)20-13/h16H,3-8,15H2,1-2H3.